The Morgan fingerprint density at radius 1 is 1.07 bits per heavy atom. The number of nitrogens with one attached hydrogen (secondary N) is 1. The van der Waals surface area contributed by atoms with E-state index in [0.29, 0.717) is 16.6 Å². The zero-order valence-electron chi connectivity index (χ0n) is 16.5. The fourth-order valence-electron chi connectivity index (χ4n) is 3.43. The molecule has 1 N–H and O–H groups in total. The molecule has 0 atom stereocenters. The number of carbonyl (C=O) groups is 1. The van der Waals surface area contributed by atoms with Gasteiger partial charge in [0.1, 0.15) is 6.54 Å². The van der Waals surface area contributed by atoms with Crippen LogP contribution in [0.2, 0.25) is 0 Å². The van der Waals surface area contributed by atoms with Crippen molar-refractivity contribution < 1.29 is 4.79 Å². The number of benzene rings is 2. The Kier molecular flexibility index (Phi) is 4.72. The molecule has 0 saturated carbocycles. The second kappa shape index (κ2) is 7.35. The quantitative estimate of drug-likeness (QED) is 0.583. The van der Waals surface area contributed by atoms with Crippen LogP contribution in [0.4, 0.5) is 5.69 Å². The van der Waals surface area contributed by atoms with E-state index in [9.17, 15) is 9.59 Å². The van der Waals surface area contributed by atoms with Crippen molar-refractivity contribution in [2.75, 3.05) is 5.32 Å². The first-order valence-electron chi connectivity index (χ1n) is 9.31. The summed E-state index contributed by atoms with van der Waals surface area (Å²) in [5.41, 5.74) is 4.61. The monoisotopic (exact) mass is 387 g/mol. The molecule has 0 fully saturated rings. The average molecular weight is 387 g/mol. The smallest absolute Gasteiger partial charge is 0.261 e. The number of fused-ring (bicyclic) bond motifs is 1. The molecule has 0 spiro atoms. The van der Waals surface area contributed by atoms with E-state index in [1.165, 1.54) is 10.9 Å². The predicted octanol–water partition coefficient (Wildman–Crippen LogP) is 3.15. The van der Waals surface area contributed by atoms with Gasteiger partial charge < -0.3 is 5.32 Å². The number of amides is 1. The summed E-state index contributed by atoms with van der Waals surface area (Å²) in [7, 11) is 0. The summed E-state index contributed by atoms with van der Waals surface area (Å²) in [5, 5.41) is 7.89. The molecule has 2 aromatic heterocycles. The third-order valence-electron chi connectivity index (χ3n) is 4.79. The van der Waals surface area contributed by atoms with Crippen LogP contribution in [0.1, 0.15) is 17.0 Å². The van der Waals surface area contributed by atoms with Crippen LogP contribution < -0.4 is 10.9 Å². The van der Waals surface area contributed by atoms with Crippen molar-refractivity contribution >= 4 is 22.5 Å². The Morgan fingerprint density at radius 3 is 2.62 bits per heavy atom. The van der Waals surface area contributed by atoms with Crippen LogP contribution in [0.15, 0.2) is 59.7 Å². The number of aryl methyl sites for hydroxylation is 3. The summed E-state index contributed by atoms with van der Waals surface area (Å²) < 4.78 is 3.11. The first kappa shape index (κ1) is 18.6. The summed E-state index contributed by atoms with van der Waals surface area (Å²) in [5.74, 6) is -0.310. The molecule has 29 heavy (non-hydrogen) atoms. The van der Waals surface area contributed by atoms with Crippen LogP contribution in [0.25, 0.3) is 16.6 Å². The number of hydrogen-bond acceptors (Lipinski definition) is 4. The molecule has 0 aliphatic carbocycles. The third kappa shape index (κ3) is 3.54. The van der Waals surface area contributed by atoms with E-state index in [4.69, 9.17) is 0 Å². The van der Waals surface area contributed by atoms with Gasteiger partial charge in [0.05, 0.1) is 34.3 Å². The lowest BCUT2D eigenvalue weighted by Crippen LogP contribution is -2.28. The molecule has 4 aromatic rings. The van der Waals surface area contributed by atoms with Gasteiger partial charge in [-0.3, -0.25) is 14.2 Å². The van der Waals surface area contributed by atoms with Crippen molar-refractivity contribution in [1.29, 1.82) is 0 Å². The molecule has 2 heterocycles. The maximum atomic E-state index is 12.7. The fraction of sp³-hybridized carbons (Fsp3) is 0.182. The Labute approximate surface area is 167 Å². The Balaban J connectivity index is 1.62. The van der Waals surface area contributed by atoms with Crippen LogP contribution in [-0.4, -0.2) is 25.2 Å². The number of nitrogens with zero attached hydrogens (tertiary/aromatic N) is 4. The van der Waals surface area contributed by atoms with E-state index in [-0.39, 0.29) is 18.0 Å². The molecule has 0 aliphatic rings. The fourth-order valence-corrected chi connectivity index (χ4v) is 3.43. The van der Waals surface area contributed by atoms with Gasteiger partial charge >= 0.3 is 0 Å². The molecule has 1 amide bonds. The second-order valence-electron chi connectivity index (χ2n) is 7.05. The van der Waals surface area contributed by atoms with Gasteiger partial charge in [0, 0.05) is 5.69 Å². The van der Waals surface area contributed by atoms with Crippen molar-refractivity contribution in [3.05, 3.63) is 82.2 Å². The maximum Gasteiger partial charge on any atom is 0.261 e. The number of rotatable bonds is 4. The molecule has 0 saturated heterocycles. The predicted molar refractivity (Wildman–Crippen MR) is 112 cm³/mol. The minimum atomic E-state index is -0.310. The highest BCUT2D eigenvalue weighted by atomic mass is 16.2. The molecule has 146 valence electrons. The van der Waals surface area contributed by atoms with Gasteiger partial charge in [-0.2, -0.15) is 5.10 Å². The van der Waals surface area contributed by atoms with E-state index >= 15 is 0 Å². The Morgan fingerprint density at radius 2 is 1.86 bits per heavy atom. The number of para-hydroxylation sites is 3. The zero-order valence-corrected chi connectivity index (χ0v) is 16.5. The summed E-state index contributed by atoms with van der Waals surface area (Å²) in [4.78, 5) is 29.8. The average Bonchev–Trinajstić information content (AvgIpc) is 3.03. The molecule has 7 heteroatoms. The molecular formula is C22H21N5O2. The van der Waals surface area contributed by atoms with Crippen LogP contribution in [-0.2, 0) is 11.3 Å². The summed E-state index contributed by atoms with van der Waals surface area (Å²) in [6, 6.07) is 14.9. The molecule has 0 bridgehead atoms. The lowest BCUT2D eigenvalue weighted by Gasteiger charge is -2.13. The highest BCUT2D eigenvalue weighted by Crippen LogP contribution is 2.21. The Bertz CT molecular complexity index is 1290. The van der Waals surface area contributed by atoms with E-state index in [1.807, 2.05) is 63.2 Å². The minimum absolute atomic E-state index is 0.124. The zero-order chi connectivity index (χ0) is 20.5. The topological polar surface area (TPSA) is 81.8 Å². The van der Waals surface area contributed by atoms with Crippen molar-refractivity contribution in [3.63, 3.8) is 0 Å². The van der Waals surface area contributed by atoms with Gasteiger partial charge in [-0.15, -0.1) is 0 Å². The maximum absolute atomic E-state index is 12.7. The third-order valence-corrected chi connectivity index (χ3v) is 4.79. The van der Waals surface area contributed by atoms with Crippen LogP contribution in [0, 0.1) is 20.8 Å². The largest absolute Gasteiger partial charge is 0.323 e. The van der Waals surface area contributed by atoms with Gasteiger partial charge in [0.25, 0.3) is 5.56 Å². The van der Waals surface area contributed by atoms with Gasteiger partial charge in [-0.05, 0) is 50.6 Å². The lowest BCUT2D eigenvalue weighted by molar-refractivity contribution is -0.116. The van der Waals surface area contributed by atoms with Gasteiger partial charge in [-0.1, -0.05) is 24.3 Å². The van der Waals surface area contributed by atoms with Crippen molar-refractivity contribution in [2.24, 2.45) is 0 Å². The van der Waals surface area contributed by atoms with Crippen molar-refractivity contribution in [1.82, 2.24) is 19.3 Å². The molecule has 2 aromatic carbocycles. The molecule has 7 nitrogen and oxygen atoms in total. The van der Waals surface area contributed by atoms with E-state index in [0.717, 1.165) is 22.6 Å². The van der Waals surface area contributed by atoms with E-state index < -0.39 is 0 Å². The second-order valence-corrected chi connectivity index (χ2v) is 7.05. The summed E-state index contributed by atoms with van der Waals surface area (Å²) in [6.07, 6.45) is 1.42. The molecule has 0 unspecified atom stereocenters. The summed E-state index contributed by atoms with van der Waals surface area (Å²) in [6.45, 7) is 5.66. The summed E-state index contributed by atoms with van der Waals surface area (Å²) >= 11 is 0. The van der Waals surface area contributed by atoms with E-state index in [2.05, 4.69) is 15.4 Å². The van der Waals surface area contributed by atoms with Crippen molar-refractivity contribution in [2.45, 2.75) is 27.3 Å². The number of carbonyl (C=O) groups excluding carboxylic acids is 1. The SMILES string of the molecule is Cc1cc(C)n(-c2ccccc2NC(=O)Cn2cnc3c(C)cccc3c2=O)n1. The van der Waals surface area contributed by atoms with Crippen LogP contribution in [0.5, 0.6) is 0 Å². The minimum Gasteiger partial charge on any atom is -0.323 e. The Hall–Kier alpha value is -3.74. The van der Waals surface area contributed by atoms with Gasteiger partial charge in [0.15, 0.2) is 0 Å². The highest BCUT2D eigenvalue weighted by Gasteiger charge is 2.13. The molecule has 0 radical (unpaired) electrons. The lowest BCUT2D eigenvalue weighted by atomic mass is 10.1. The molecule has 0 aliphatic heterocycles. The number of aromatic nitrogens is 4. The van der Waals surface area contributed by atoms with Gasteiger partial charge in [-0.25, -0.2) is 9.67 Å². The highest BCUT2D eigenvalue weighted by molar-refractivity contribution is 5.93. The molecule has 4 rings (SSSR count). The standard InChI is InChI=1S/C22H21N5O2/c1-14-7-6-8-17-21(14)23-13-26(22(17)29)12-20(28)24-18-9-4-5-10-19(18)27-16(3)11-15(2)25-27/h4-11,13H,12H2,1-3H3,(H,24,28). The normalized spacial score (nSPS) is 11.0. The van der Waals surface area contributed by atoms with Crippen LogP contribution >= 0.6 is 0 Å². The number of anilines is 1. The van der Waals surface area contributed by atoms with Gasteiger partial charge in [0.2, 0.25) is 5.91 Å². The van der Waals surface area contributed by atoms with Crippen molar-refractivity contribution in [3.8, 4) is 5.69 Å². The number of hydrogen-bond donors (Lipinski definition) is 1. The van der Waals surface area contributed by atoms with Crippen LogP contribution in [0.3, 0.4) is 0 Å². The first-order valence-corrected chi connectivity index (χ1v) is 9.31. The van der Waals surface area contributed by atoms with E-state index in [1.54, 1.807) is 10.7 Å². The molecular weight excluding hydrogens is 366 g/mol. The first-order chi connectivity index (χ1) is 13.9.